The molecule has 0 saturated carbocycles. The fourth-order valence-corrected chi connectivity index (χ4v) is 4.14. The Bertz CT molecular complexity index is 425. The van der Waals surface area contributed by atoms with Gasteiger partial charge in [0.2, 0.25) is 0 Å². The van der Waals surface area contributed by atoms with E-state index in [1.807, 2.05) is 11.6 Å². The number of fused-ring (bicyclic) bond motifs is 1. The zero-order valence-electron chi connectivity index (χ0n) is 10.5. The normalized spacial score (nSPS) is 32.2. The highest BCUT2D eigenvalue weighted by Gasteiger charge is 2.46. The Morgan fingerprint density at radius 2 is 2.22 bits per heavy atom. The molecule has 2 aliphatic heterocycles. The summed E-state index contributed by atoms with van der Waals surface area (Å²) in [7, 11) is -3.79. The van der Waals surface area contributed by atoms with Crippen LogP contribution < -0.4 is 10.0 Å². The van der Waals surface area contributed by atoms with Crippen molar-refractivity contribution < 1.29 is 17.9 Å². The highest BCUT2D eigenvalue weighted by molar-refractivity contribution is 7.87. The highest BCUT2D eigenvalue weighted by atomic mass is 32.2. The zero-order valence-corrected chi connectivity index (χ0v) is 11.4. The van der Waals surface area contributed by atoms with E-state index in [9.17, 15) is 13.2 Å². The van der Waals surface area contributed by atoms with Crippen molar-refractivity contribution in [2.45, 2.75) is 19.9 Å². The summed E-state index contributed by atoms with van der Waals surface area (Å²) in [6.07, 6.45) is -0.917. The van der Waals surface area contributed by atoms with Crippen molar-refractivity contribution in [2.24, 2.45) is 11.8 Å². The largest absolute Gasteiger partial charge is 0.449 e. The van der Waals surface area contributed by atoms with Gasteiger partial charge in [0.25, 0.3) is 0 Å². The molecular weight excluding hydrogens is 258 g/mol. The standard InChI is InChI=1S/C10H19N3O4S/c1-3-17-10(14)12-18(15,16)13-6-8-4-11-5-9(8)7(13)2/h7-9,11H,3-6H2,1-2H3,(H,12,14). The molecule has 3 atom stereocenters. The number of carbonyl (C=O) groups excluding carboxylic acids is 1. The Hall–Kier alpha value is -0.860. The fourth-order valence-electron chi connectivity index (χ4n) is 2.77. The molecule has 0 spiro atoms. The van der Waals surface area contributed by atoms with Crippen LogP contribution in [0.25, 0.3) is 0 Å². The molecule has 0 radical (unpaired) electrons. The van der Waals surface area contributed by atoms with Crippen molar-refractivity contribution in [3.8, 4) is 0 Å². The SMILES string of the molecule is CCOC(=O)NS(=O)(=O)N1CC2CNCC2C1C. The molecule has 0 aromatic rings. The van der Waals surface area contributed by atoms with Gasteiger partial charge in [-0.15, -0.1) is 0 Å². The van der Waals surface area contributed by atoms with Crippen LogP contribution in [-0.4, -0.2) is 51.1 Å². The van der Waals surface area contributed by atoms with Crippen LogP contribution in [0.4, 0.5) is 4.79 Å². The molecule has 2 heterocycles. The van der Waals surface area contributed by atoms with Crippen molar-refractivity contribution >= 4 is 16.3 Å². The van der Waals surface area contributed by atoms with Crippen LogP contribution in [0.5, 0.6) is 0 Å². The molecule has 2 N–H and O–H groups in total. The topological polar surface area (TPSA) is 87.7 Å². The molecule has 104 valence electrons. The van der Waals surface area contributed by atoms with Crippen LogP contribution in [0.1, 0.15) is 13.8 Å². The first-order valence-electron chi connectivity index (χ1n) is 6.12. The average molecular weight is 277 g/mol. The van der Waals surface area contributed by atoms with Crippen LogP contribution in [0, 0.1) is 11.8 Å². The molecule has 2 saturated heterocycles. The molecule has 1 amide bonds. The third kappa shape index (κ3) is 2.45. The first-order chi connectivity index (χ1) is 8.45. The first kappa shape index (κ1) is 13.6. The highest BCUT2D eigenvalue weighted by Crippen LogP contribution is 2.33. The summed E-state index contributed by atoms with van der Waals surface area (Å²) in [6.45, 7) is 5.76. The van der Waals surface area contributed by atoms with Gasteiger partial charge >= 0.3 is 16.3 Å². The van der Waals surface area contributed by atoms with Crippen molar-refractivity contribution in [2.75, 3.05) is 26.2 Å². The first-order valence-corrected chi connectivity index (χ1v) is 7.56. The van der Waals surface area contributed by atoms with E-state index in [1.54, 1.807) is 6.92 Å². The predicted octanol–water partition coefficient (Wildman–Crippen LogP) is -0.483. The lowest BCUT2D eigenvalue weighted by molar-refractivity contribution is 0.158. The average Bonchev–Trinajstić information content (AvgIpc) is 2.81. The number of nitrogens with zero attached hydrogens (tertiary/aromatic N) is 1. The Kier molecular flexibility index (Phi) is 3.79. The van der Waals surface area contributed by atoms with Gasteiger partial charge < -0.3 is 10.1 Å². The van der Waals surface area contributed by atoms with E-state index < -0.39 is 16.3 Å². The van der Waals surface area contributed by atoms with Gasteiger partial charge in [-0.2, -0.15) is 12.7 Å². The third-order valence-electron chi connectivity index (χ3n) is 3.68. The second-order valence-corrected chi connectivity index (χ2v) is 6.34. The maximum atomic E-state index is 12.1. The molecule has 7 nitrogen and oxygen atoms in total. The molecule has 2 fully saturated rings. The summed E-state index contributed by atoms with van der Waals surface area (Å²) in [4.78, 5) is 11.2. The summed E-state index contributed by atoms with van der Waals surface area (Å²) < 4.78 is 32.0. The second kappa shape index (κ2) is 5.02. The predicted molar refractivity (Wildman–Crippen MR) is 65.1 cm³/mol. The molecule has 0 aliphatic carbocycles. The maximum absolute atomic E-state index is 12.1. The minimum Gasteiger partial charge on any atom is -0.449 e. The van der Waals surface area contributed by atoms with E-state index in [0.717, 1.165) is 13.1 Å². The lowest BCUT2D eigenvalue weighted by atomic mass is 9.95. The monoisotopic (exact) mass is 277 g/mol. The molecule has 0 bridgehead atoms. The Morgan fingerprint density at radius 1 is 1.50 bits per heavy atom. The minimum absolute atomic E-state index is 0.100. The number of nitrogens with one attached hydrogen (secondary N) is 2. The van der Waals surface area contributed by atoms with Gasteiger partial charge in [0.15, 0.2) is 0 Å². The van der Waals surface area contributed by atoms with Gasteiger partial charge in [-0.3, -0.25) is 0 Å². The lowest BCUT2D eigenvalue weighted by Gasteiger charge is -2.23. The van der Waals surface area contributed by atoms with Crippen LogP contribution in [0.2, 0.25) is 0 Å². The summed E-state index contributed by atoms with van der Waals surface area (Å²) >= 11 is 0. The smallest absolute Gasteiger partial charge is 0.421 e. The van der Waals surface area contributed by atoms with Crippen molar-refractivity contribution in [1.82, 2.24) is 14.3 Å². The van der Waals surface area contributed by atoms with Crippen molar-refractivity contribution in [3.63, 3.8) is 0 Å². The number of ether oxygens (including phenoxy) is 1. The Morgan fingerprint density at radius 3 is 2.83 bits per heavy atom. The summed E-state index contributed by atoms with van der Waals surface area (Å²) in [5.41, 5.74) is 0. The molecule has 2 rings (SSSR count). The van der Waals surface area contributed by atoms with E-state index in [1.165, 1.54) is 4.31 Å². The van der Waals surface area contributed by atoms with E-state index in [4.69, 9.17) is 0 Å². The summed E-state index contributed by atoms with van der Waals surface area (Å²) in [5.74, 6) is 0.655. The summed E-state index contributed by atoms with van der Waals surface area (Å²) in [5, 5.41) is 3.25. The van der Waals surface area contributed by atoms with E-state index in [2.05, 4.69) is 10.1 Å². The molecule has 0 aromatic heterocycles. The van der Waals surface area contributed by atoms with Crippen LogP contribution in [-0.2, 0) is 14.9 Å². The number of amides is 1. The van der Waals surface area contributed by atoms with Gasteiger partial charge in [-0.25, -0.2) is 9.52 Å². The van der Waals surface area contributed by atoms with Gasteiger partial charge in [0.1, 0.15) is 0 Å². The van der Waals surface area contributed by atoms with Gasteiger partial charge in [-0.1, -0.05) is 0 Å². The second-order valence-electron chi connectivity index (χ2n) is 4.72. The molecule has 2 aliphatic rings. The van der Waals surface area contributed by atoms with Crippen LogP contribution in [0.3, 0.4) is 0 Å². The van der Waals surface area contributed by atoms with Crippen LogP contribution >= 0.6 is 0 Å². The molecule has 3 unspecified atom stereocenters. The molecular formula is C10H19N3O4S. The van der Waals surface area contributed by atoms with E-state index in [0.29, 0.717) is 18.4 Å². The Balaban J connectivity index is 2.05. The number of hydrogen-bond acceptors (Lipinski definition) is 5. The third-order valence-corrected chi connectivity index (χ3v) is 5.20. The fraction of sp³-hybridized carbons (Fsp3) is 0.900. The molecule has 18 heavy (non-hydrogen) atoms. The quantitative estimate of drug-likeness (QED) is 0.727. The van der Waals surface area contributed by atoms with Gasteiger partial charge in [-0.05, 0) is 38.8 Å². The Labute approximate surface area is 107 Å². The van der Waals surface area contributed by atoms with E-state index in [-0.39, 0.29) is 12.6 Å². The lowest BCUT2D eigenvalue weighted by Crippen LogP contribution is -2.46. The number of hydrogen-bond donors (Lipinski definition) is 2. The van der Waals surface area contributed by atoms with Gasteiger partial charge in [0, 0.05) is 12.6 Å². The zero-order chi connectivity index (χ0) is 13.3. The number of rotatable bonds is 3. The van der Waals surface area contributed by atoms with E-state index >= 15 is 0 Å². The molecule has 0 aromatic carbocycles. The van der Waals surface area contributed by atoms with Crippen molar-refractivity contribution in [3.05, 3.63) is 0 Å². The van der Waals surface area contributed by atoms with Crippen LogP contribution in [0.15, 0.2) is 0 Å². The summed E-state index contributed by atoms with van der Waals surface area (Å²) in [6, 6.07) is -0.100. The maximum Gasteiger partial charge on any atom is 0.421 e. The minimum atomic E-state index is -3.79. The molecule has 8 heteroatoms. The van der Waals surface area contributed by atoms with Crippen molar-refractivity contribution in [1.29, 1.82) is 0 Å². The van der Waals surface area contributed by atoms with Gasteiger partial charge in [0.05, 0.1) is 6.61 Å². The number of carbonyl (C=O) groups is 1.